The number of ether oxygens (including phenoxy) is 1. The van der Waals surface area contributed by atoms with Crippen molar-refractivity contribution in [1.82, 2.24) is 4.98 Å². The van der Waals surface area contributed by atoms with Crippen molar-refractivity contribution in [1.29, 1.82) is 0 Å². The Morgan fingerprint density at radius 1 is 1.32 bits per heavy atom. The van der Waals surface area contributed by atoms with E-state index in [9.17, 15) is 4.79 Å². The van der Waals surface area contributed by atoms with Crippen LogP contribution in [0, 0.1) is 12.8 Å². The molecule has 132 valence electrons. The average molecular weight is 339 g/mol. The molecule has 0 spiro atoms. The lowest BCUT2D eigenvalue weighted by Gasteiger charge is -2.28. The van der Waals surface area contributed by atoms with Crippen LogP contribution in [-0.2, 0) is 9.53 Å². The van der Waals surface area contributed by atoms with Gasteiger partial charge in [-0.15, -0.1) is 0 Å². The number of nitrogens with one attached hydrogen (secondary N) is 1. The van der Waals surface area contributed by atoms with E-state index in [2.05, 4.69) is 22.3 Å². The molecule has 2 fully saturated rings. The molecule has 1 unspecified atom stereocenters. The highest BCUT2D eigenvalue weighted by Gasteiger charge is 2.30. The predicted molar refractivity (Wildman–Crippen MR) is 100 cm³/mol. The summed E-state index contributed by atoms with van der Waals surface area (Å²) in [5.74, 6) is 0.336. The van der Waals surface area contributed by atoms with Gasteiger partial charge in [0.2, 0.25) is 5.91 Å². The number of amides is 1. The van der Waals surface area contributed by atoms with Gasteiger partial charge in [-0.25, -0.2) is 0 Å². The fourth-order valence-corrected chi connectivity index (χ4v) is 3.76. The van der Waals surface area contributed by atoms with E-state index in [0.29, 0.717) is 6.04 Å². The largest absolute Gasteiger partial charge is 0.383 e. The first kappa shape index (κ1) is 16.3. The monoisotopic (exact) mass is 339 g/mol. The number of carbonyl (C=O) groups is 1. The number of rotatable bonds is 5. The van der Waals surface area contributed by atoms with E-state index in [1.54, 1.807) is 7.11 Å². The summed E-state index contributed by atoms with van der Waals surface area (Å²) >= 11 is 0. The Morgan fingerprint density at radius 3 is 2.92 bits per heavy atom. The molecule has 2 aliphatic rings. The summed E-state index contributed by atoms with van der Waals surface area (Å²) in [5.41, 5.74) is 3.99. The highest BCUT2D eigenvalue weighted by atomic mass is 16.5. The van der Waals surface area contributed by atoms with Crippen LogP contribution in [0.2, 0.25) is 0 Å². The van der Waals surface area contributed by atoms with Crippen LogP contribution in [0.1, 0.15) is 31.4 Å². The van der Waals surface area contributed by atoms with Gasteiger partial charge in [0.1, 0.15) is 0 Å². The maximum atomic E-state index is 12.0. The molecule has 1 N–H and O–H groups in total. The van der Waals surface area contributed by atoms with Gasteiger partial charge in [-0.2, -0.15) is 0 Å². The smallest absolute Gasteiger partial charge is 0.227 e. The molecule has 0 bridgehead atoms. The average Bonchev–Trinajstić information content (AvgIpc) is 3.34. The Morgan fingerprint density at radius 2 is 2.16 bits per heavy atom. The first-order chi connectivity index (χ1) is 12.2. The van der Waals surface area contributed by atoms with Gasteiger partial charge in [-0.3, -0.25) is 9.78 Å². The minimum absolute atomic E-state index is 0.131. The molecule has 1 aliphatic heterocycles. The fourth-order valence-electron chi connectivity index (χ4n) is 3.76. The zero-order chi connectivity index (χ0) is 17.4. The summed E-state index contributed by atoms with van der Waals surface area (Å²) in [7, 11) is 1.77. The third-order valence-electron chi connectivity index (χ3n) is 5.18. The molecule has 1 aromatic carbocycles. The molecule has 0 radical (unpaired) electrons. The number of hydrogen-bond acceptors (Lipinski definition) is 4. The first-order valence-corrected chi connectivity index (χ1v) is 9.13. The Bertz CT molecular complexity index is 801. The van der Waals surface area contributed by atoms with Crippen LogP contribution in [0.4, 0.5) is 11.4 Å². The van der Waals surface area contributed by atoms with E-state index in [-0.39, 0.29) is 11.8 Å². The summed E-state index contributed by atoms with van der Waals surface area (Å²) in [4.78, 5) is 19.2. The number of anilines is 2. The molecule has 1 saturated heterocycles. The van der Waals surface area contributed by atoms with Crippen molar-refractivity contribution >= 4 is 28.2 Å². The Balaban J connectivity index is 1.68. The molecule has 1 atom stereocenters. The summed E-state index contributed by atoms with van der Waals surface area (Å²) in [6.45, 7) is 3.82. The molecule has 5 nitrogen and oxygen atoms in total. The predicted octanol–water partition coefficient (Wildman–Crippen LogP) is 3.51. The Labute approximate surface area is 148 Å². The number of carbonyl (C=O) groups excluding carboxylic acids is 1. The molecular weight excluding hydrogens is 314 g/mol. The summed E-state index contributed by atoms with van der Waals surface area (Å²) in [5, 5.41) is 4.16. The molecular formula is C20H25N3O2. The van der Waals surface area contributed by atoms with Crippen LogP contribution >= 0.6 is 0 Å². The zero-order valence-electron chi connectivity index (χ0n) is 14.9. The first-order valence-electron chi connectivity index (χ1n) is 9.13. The lowest BCUT2D eigenvalue weighted by molar-refractivity contribution is -0.117. The topological polar surface area (TPSA) is 54.5 Å². The van der Waals surface area contributed by atoms with Crippen LogP contribution in [0.15, 0.2) is 24.3 Å². The van der Waals surface area contributed by atoms with Crippen molar-refractivity contribution in [3.8, 4) is 0 Å². The van der Waals surface area contributed by atoms with E-state index in [1.165, 1.54) is 12.1 Å². The number of nitrogens with zero attached hydrogens (tertiary/aromatic N) is 2. The lowest BCUT2D eigenvalue weighted by atomic mass is 10.1. The van der Waals surface area contributed by atoms with E-state index in [0.717, 1.165) is 54.7 Å². The third kappa shape index (κ3) is 3.33. The van der Waals surface area contributed by atoms with Gasteiger partial charge in [-0.1, -0.05) is 0 Å². The molecule has 1 saturated carbocycles. The van der Waals surface area contributed by atoms with Crippen molar-refractivity contribution in [3.63, 3.8) is 0 Å². The second kappa shape index (κ2) is 6.64. The number of pyridine rings is 1. The molecule has 1 aromatic heterocycles. The van der Waals surface area contributed by atoms with Gasteiger partial charge < -0.3 is 15.0 Å². The molecule has 2 aromatic rings. The maximum absolute atomic E-state index is 12.0. The van der Waals surface area contributed by atoms with Gasteiger partial charge in [0.05, 0.1) is 18.2 Å². The molecule has 1 amide bonds. The SMILES string of the molecule is COCC1CCCN1c1cc(C)nc2cc(NC(=O)C3CC3)ccc12. The van der Waals surface area contributed by atoms with Crippen LogP contribution in [0.3, 0.4) is 0 Å². The van der Waals surface area contributed by atoms with Gasteiger partial charge in [-0.05, 0) is 56.9 Å². The summed E-state index contributed by atoms with van der Waals surface area (Å²) in [6.07, 6.45) is 4.37. The van der Waals surface area contributed by atoms with Crippen LogP contribution in [-0.4, -0.2) is 37.2 Å². The van der Waals surface area contributed by atoms with E-state index >= 15 is 0 Å². The van der Waals surface area contributed by atoms with Gasteiger partial charge in [0.15, 0.2) is 0 Å². The van der Waals surface area contributed by atoms with E-state index < -0.39 is 0 Å². The fraction of sp³-hybridized carbons (Fsp3) is 0.500. The van der Waals surface area contributed by atoms with E-state index in [4.69, 9.17) is 9.72 Å². The van der Waals surface area contributed by atoms with Crippen LogP contribution < -0.4 is 10.2 Å². The Hall–Kier alpha value is -2.14. The standard InChI is InChI=1S/C20H25N3O2/c1-13-10-19(23-9-3-4-16(23)12-25-2)17-8-7-15(11-18(17)21-13)22-20(24)14-5-6-14/h7-8,10-11,14,16H,3-6,9,12H2,1-2H3,(H,22,24). The molecule has 4 rings (SSSR count). The normalized spacial score (nSPS) is 20.2. The van der Waals surface area contributed by atoms with Gasteiger partial charge >= 0.3 is 0 Å². The highest BCUT2D eigenvalue weighted by molar-refractivity contribution is 5.98. The van der Waals surface area contributed by atoms with E-state index in [1.807, 2.05) is 19.1 Å². The number of aromatic nitrogens is 1. The van der Waals surface area contributed by atoms with Crippen molar-refractivity contribution in [2.24, 2.45) is 5.92 Å². The van der Waals surface area contributed by atoms with Gasteiger partial charge in [0.25, 0.3) is 0 Å². The number of fused-ring (bicyclic) bond motifs is 1. The Kier molecular flexibility index (Phi) is 4.34. The van der Waals surface area contributed by atoms with Gasteiger partial charge in [0, 0.05) is 42.0 Å². The van der Waals surface area contributed by atoms with Crippen molar-refractivity contribution < 1.29 is 9.53 Å². The minimum atomic E-state index is 0.131. The zero-order valence-corrected chi connectivity index (χ0v) is 14.9. The second-order valence-corrected chi connectivity index (χ2v) is 7.22. The summed E-state index contributed by atoms with van der Waals surface area (Å²) < 4.78 is 5.41. The minimum Gasteiger partial charge on any atom is -0.383 e. The second-order valence-electron chi connectivity index (χ2n) is 7.22. The quantitative estimate of drug-likeness (QED) is 0.906. The molecule has 2 heterocycles. The highest BCUT2D eigenvalue weighted by Crippen LogP contribution is 2.34. The lowest BCUT2D eigenvalue weighted by Crippen LogP contribution is -2.33. The van der Waals surface area contributed by atoms with Crippen LogP contribution in [0.5, 0.6) is 0 Å². The van der Waals surface area contributed by atoms with Crippen molar-refractivity contribution in [3.05, 3.63) is 30.0 Å². The number of aryl methyl sites for hydroxylation is 1. The molecule has 1 aliphatic carbocycles. The number of methoxy groups -OCH3 is 1. The van der Waals surface area contributed by atoms with Crippen molar-refractivity contribution in [2.75, 3.05) is 30.5 Å². The number of benzene rings is 1. The maximum Gasteiger partial charge on any atom is 0.227 e. The molecule has 25 heavy (non-hydrogen) atoms. The van der Waals surface area contributed by atoms with Crippen molar-refractivity contribution in [2.45, 2.75) is 38.6 Å². The molecule has 5 heteroatoms. The number of hydrogen-bond donors (Lipinski definition) is 1. The van der Waals surface area contributed by atoms with Crippen LogP contribution in [0.25, 0.3) is 10.9 Å². The third-order valence-corrected chi connectivity index (χ3v) is 5.18. The summed E-state index contributed by atoms with van der Waals surface area (Å²) in [6, 6.07) is 8.66.